The summed E-state index contributed by atoms with van der Waals surface area (Å²) >= 11 is 0. The molecule has 7 heteroatoms. The van der Waals surface area contributed by atoms with Crippen LogP contribution in [0.4, 0.5) is 0 Å². The third kappa shape index (κ3) is 4.43. The van der Waals surface area contributed by atoms with Gasteiger partial charge in [-0.1, -0.05) is 12.1 Å². The van der Waals surface area contributed by atoms with Crippen molar-refractivity contribution in [2.75, 3.05) is 19.6 Å². The lowest BCUT2D eigenvalue weighted by Crippen LogP contribution is -2.39. The van der Waals surface area contributed by atoms with Crippen molar-refractivity contribution in [2.45, 2.75) is 76.7 Å². The third-order valence-corrected chi connectivity index (χ3v) is 7.70. The van der Waals surface area contributed by atoms with Gasteiger partial charge in [0.25, 0.3) is 0 Å². The van der Waals surface area contributed by atoms with Crippen LogP contribution in [0.15, 0.2) is 21.2 Å². The van der Waals surface area contributed by atoms with Gasteiger partial charge in [0.1, 0.15) is 11.5 Å². The van der Waals surface area contributed by atoms with E-state index in [1.165, 1.54) is 44.5 Å². The largest absolute Gasteiger partial charge is 0.446 e. The quantitative estimate of drug-likeness (QED) is 0.696. The topological polar surface area (TPSA) is 84.4 Å². The van der Waals surface area contributed by atoms with Gasteiger partial charge in [0.2, 0.25) is 5.91 Å². The smallest absolute Gasteiger partial charge is 0.227 e. The zero-order valence-corrected chi connectivity index (χ0v) is 18.7. The number of nitrogens with one attached hydrogen (secondary N) is 1. The van der Waals surface area contributed by atoms with Crippen LogP contribution in [0.2, 0.25) is 0 Å². The molecule has 0 radical (unpaired) electrons. The monoisotopic (exact) mass is 426 g/mol. The Kier molecular flexibility index (Phi) is 5.63. The molecule has 1 saturated heterocycles. The summed E-state index contributed by atoms with van der Waals surface area (Å²) in [5, 5.41) is 7.56. The Balaban J connectivity index is 1.02. The number of piperidine rings is 1. The predicted molar refractivity (Wildman–Crippen MR) is 116 cm³/mol. The zero-order valence-electron chi connectivity index (χ0n) is 18.7. The van der Waals surface area contributed by atoms with Gasteiger partial charge >= 0.3 is 0 Å². The number of oxazole rings is 1. The van der Waals surface area contributed by atoms with Crippen molar-refractivity contribution in [3.05, 3.63) is 35.4 Å². The highest BCUT2D eigenvalue weighted by molar-refractivity contribution is 5.78. The van der Waals surface area contributed by atoms with Crippen LogP contribution in [0.1, 0.15) is 68.6 Å². The first-order valence-corrected chi connectivity index (χ1v) is 11.9. The fraction of sp³-hybridized carbons (Fsp3) is 0.708. The minimum absolute atomic E-state index is 0.0419. The predicted octanol–water partition coefficient (Wildman–Crippen LogP) is 3.41. The molecule has 2 atom stereocenters. The summed E-state index contributed by atoms with van der Waals surface area (Å²) in [6.07, 6.45) is 9.95. The van der Waals surface area contributed by atoms with Crippen molar-refractivity contribution in [2.24, 2.45) is 11.8 Å². The average Bonchev–Trinajstić information content (AvgIpc) is 3.17. The molecule has 2 saturated carbocycles. The van der Waals surface area contributed by atoms with Crippen LogP contribution in [-0.4, -0.2) is 46.6 Å². The average molecular weight is 427 g/mol. The molecule has 3 fully saturated rings. The second kappa shape index (κ2) is 8.41. The van der Waals surface area contributed by atoms with Crippen LogP contribution in [0.5, 0.6) is 0 Å². The van der Waals surface area contributed by atoms with Gasteiger partial charge in [-0.3, -0.25) is 4.79 Å². The number of hydrogen-bond donors (Lipinski definition) is 1. The molecule has 2 aromatic heterocycles. The molecule has 5 rings (SSSR count). The molecule has 31 heavy (non-hydrogen) atoms. The Morgan fingerprint density at radius 3 is 2.84 bits per heavy atom. The normalized spacial score (nSPS) is 30.3. The molecule has 0 aromatic carbocycles. The molecule has 0 spiro atoms. The van der Waals surface area contributed by atoms with E-state index >= 15 is 0 Å². The maximum Gasteiger partial charge on any atom is 0.227 e. The number of carbonyl (C=O) groups is 1. The van der Waals surface area contributed by atoms with Gasteiger partial charge < -0.3 is 19.2 Å². The highest BCUT2D eigenvalue weighted by Gasteiger charge is 2.62. The van der Waals surface area contributed by atoms with Crippen LogP contribution < -0.4 is 5.32 Å². The number of rotatable bonds is 8. The van der Waals surface area contributed by atoms with Gasteiger partial charge in [0.05, 0.1) is 18.3 Å². The summed E-state index contributed by atoms with van der Waals surface area (Å²) in [5.74, 6) is 3.84. The van der Waals surface area contributed by atoms with E-state index in [0.29, 0.717) is 17.7 Å². The number of carbonyl (C=O) groups excluding carboxylic acids is 1. The van der Waals surface area contributed by atoms with E-state index in [-0.39, 0.29) is 17.7 Å². The van der Waals surface area contributed by atoms with E-state index in [1.54, 1.807) is 13.1 Å². The van der Waals surface area contributed by atoms with Crippen molar-refractivity contribution in [3.8, 4) is 0 Å². The maximum absolute atomic E-state index is 12.3. The molecular weight excluding hydrogens is 392 g/mol. The molecule has 1 amide bonds. The van der Waals surface area contributed by atoms with Crippen molar-refractivity contribution in [3.63, 3.8) is 0 Å². The number of amides is 1. The fourth-order valence-electron chi connectivity index (χ4n) is 5.75. The molecule has 168 valence electrons. The number of hydrogen-bond acceptors (Lipinski definition) is 6. The second-order valence-corrected chi connectivity index (χ2v) is 9.92. The van der Waals surface area contributed by atoms with E-state index in [2.05, 4.69) is 33.3 Å². The highest BCUT2D eigenvalue weighted by atomic mass is 16.5. The van der Waals surface area contributed by atoms with Crippen molar-refractivity contribution >= 4 is 5.91 Å². The zero-order chi connectivity index (χ0) is 21.4. The minimum Gasteiger partial charge on any atom is -0.446 e. The fourth-order valence-corrected chi connectivity index (χ4v) is 5.75. The lowest BCUT2D eigenvalue weighted by Gasteiger charge is -2.30. The first-order chi connectivity index (χ1) is 15.0. The van der Waals surface area contributed by atoms with Gasteiger partial charge in [-0.05, 0) is 56.9 Å². The number of aryl methyl sites for hydroxylation is 2. The molecule has 0 bridgehead atoms. The summed E-state index contributed by atoms with van der Waals surface area (Å²) in [6, 6.07) is 2.48. The van der Waals surface area contributed by atoms with Gasteiger partial charge in [-0.25, -0.2) is 4.98 Å². The van der Waals surface area contributed by atoms with E-state index in [0.717, 1.165) is 43.4 Å². The maximum atomic E-state index is 12.3. The van der Waals surface area contributed by atoms with Crippen molar-refractivity contribution in [1.29, 1.82) is 0 Å². The molecule has 3 aliphatic rings. The summed E-state index contributed by atoms with van der Waals surface area (Å²) in [4.78, 5) is 19.0. The molecule has 2 aromatic rings. The number of nitrogens with zero attached hydrogens (tertiary/aromatic N) is 3. The molecule has 3 heterocycles. The molecule has 7 nitrogen and oxygen atoms in total. The van der Waals surface area contributed by atoms with Crippen LogP contribution in [0.25, 0.3) is 0 Å². The van der Waals surface area contributed by atoms with E-state index in [4.69, 9.17) is 8.94 Å². The van der Waals surface area contributed by atoms with Gasteiger partial charge in [-0.15, -0.1) is 0 Å². The van der Waals surface area contributed by atoms with Crippen molar-refractivity contribution in [1.82, 2.24) is 20.4 Å². The lowest BCUT2D eigenvalue weighted by molar-refractivity contribution is -0.121. The number of aromatic nitrogens is 2. The summed E-state index contributed by atoms with van der Waals surface area (Å²) < 4.78 is 10.9. The van der Waals surface area contributed by atoms with E-state index in [9.17, 15) is 4.79 Å². The molecule has 0 unspecified atom stereocenters. The van der Waals surface area contributed by atoms with Crippen molar-refractivity contribution < 1.29 is 13.7 Å². The Hall–Kier alpha value is -2.15. The van der Waals surface area contributed by atoms with Gasteiger partial charge in [0.15, 0.2) is 5.89 Å². The standard InChI is InChI=1S/C24H34N4O3/c1-3-20-10-22(27-31-20)24-12-18(24)14-28(15-24)9-8-17-4-6-19(7-5-17)26-23(29)11-21-13-25-16(2)30-21/h10,13,17-19H,3-9,11-12,14-15H2,1-2H3,(H,26,29)/t17?,18-,19?,24-/m0/s1. The summed E-state index contributed by atoms with van der Waals surface area (Å²) in [7, 11) is 0. The SMILES string of the molecule is CCc1cc([C@]23C[C@H]2CN(CCC2CCC(NC(=O)Cc4cnc(C)o4)CC2)C3)no1. The number of likely N-dealkylation sites (tertiary alicyclic amines) is 1. The Bertz CT molecular complexity index is 914. The molecule has 1 aliphatic heterocycles. The third-order valence-electron chi connectivity index (χ3n) is 7.70. The van der Waals surface area contributed by atoms with Crippen LogP contribution in [-0.2, 0) is 23.1 Å². The first-order valence-electron chi connectivity index (χ1n) is 11.9. The summed E-state index contributed by atoms with van der Waals surface area (Å²) in [6.45, 7) is 7.44. The van der Waals surface area contributed by atoms with Gasteiger partial charge in [0, 0.05) is 44.0 Å². The Morgan fingerprint density at radius 1 is 1.29 bits per heavy atom. The Morgan fingerprint density at radius 2 is 2.13 bits per heavy atom. The number of fused-ring (bicyclic) bond motifs is 1. The minimum atomic E-state index is 0.0419. The second-order valence-electron chi connectivity index (χ2n) is 9.92. The molecule has 1 N–H and O–H groups in total. The van der Waals surface area contributed by atoms with Crippen LogP contribution in [0.3, 0.4) is 0 Å². The van der Waals surface area contributed by atoms with Crippen LogP contribution >= 0.6 is 0 Å². The molecule has 2 aliphatic carbocycles. The molecular formula is C24H34N4O3. The highest BCUT2D eigenvalue weighted by Crippen LogP contribution is 2.58. The van der Waals surface area contributed by atoms with E-state index in [1.807, 2.05) is 0 Å². The van der Waals surface area contributed by atoms with E-state index < -0.39 is 0 Å². The first kappa shape index (κ1) is 20.7. The van der Waals surface area contributed by atoms with Crippen LogP contribution in [0, 0.1) is 18.8 Å². The summed E-state index contributed by atoms with van der Waals surface area (Å²) in [5.41, 5.74) is 1.47. The van der Waals surface area contributed by atoms with Gasteiger partial charge in [-0.2, -0.15) is 0 Å². The lowest BCUT2D eigenvalue weighted by atomic mass is 9.84. The Labute approximate surface area is 183 Å².